The van der Waals surface area contributed by atoms with E-state index in [0.717, 1.165) is 0 Å². The molecule has 28 heavy (non-hydrogen) atoms. The van der Waals surface area contributed by atoms with E-state index in [1.165, 1.54) is 13.3 Å². The van der Waals surface area contributed by atoms with Crippen molar-refractivity contribution in [3.8, 4) is 11.8 Å². The Kier molecular flexibility index (Phi) is 4.54. The van der Waals surface area contributed by atoms with Gasteiger partial charge >= 0.3 is 0 Å². The third-order valence-electron chi connectivity index (χ3n) is 5.00. The molecule has 1 fully saturated rings. The lowest BCUT2D eigenvalue weighted by atomic mass is 10.0. The molecule has 0 radical (unpaired) electrons. The number of rotatable bonds is 3. The normalized spacial score (nSPS) is 24.1. The fourth-order valence-electron chi connectivity index (χ4n) is 3.53. The molecule has 1 saturated carbocycles. The molecule has 4 rings (SSSR count). The van der Waals surface area contributed by atoms with Crippen LogP contribution >= 0.6 is 0 Å². The number of aliphatic hydroxyl groups is 2. The van der Waals surface area contributed by atoms with Crippen LogP contribution in [-0.4, -0.2) is 65.0 Å². The van der Waals surface area contributed by atoms with Crippen molar-refractivity contribution in [2.75, 3.05) is 12.4 Å². The molecule has 3 heterocycles. The van der Waals surface area contributed by atoms with Crippen LogP contribution in [0.1, 0.15) is 30.9 Å². The second-order valence-electron chi connectivity index (χ2n) is 6.69. The molecule has 4 N–H and O–H groups in total. The van der Waals surface area contributed by atoms with Crippen LogP contribution in [0.15, 0.2) is 18.6 Å². The Labute approximate surface area is 160 Å². The monoisotopic (exact) mass is 381 g/mol. The van der Waals surface area contributed by atoms with Crippen LogP contribution in [0, 0.1) is 17.8 Å². The number of Topliss-reactive ketones (excluding diaryl/α,β-unsaturated/α-hetero) is 1. The van der Waals surface area contributed by atoms with Crippen LogP contribution in [-0.2, 0) is 4.79 Å². The van der Waals surface area contributed by atoms with Gasteiger partial charge in [0, 0.05) is 19.2 Å². The molecule has 1 aliphatic carbocycles. The molecule has 0 aliphatic heterocycles. The van der Waals surface area contributed by atoms with Crippen LogP contribution in [0.25, 0.3) is 11.2 Å². The summed E-state index contributed by atoms with van der Waals surface area (Å²) in [7, 11) is 1.72. The number of carbonyl (C=O) groups is 1. The highest BCUT2D eigenvalue weighted by atomic mass is 16.3. The van der Waals surface area contributed by atoms with Gasteiger partial charge in [-0.2, -0.15) is 5.10 Å². The molecule has 0 aromatic carbocycles. The zero-order valence-corrected chi connectivity index (χ0v) is 15.3. The van der Waals surface area contributed by atoms with Crippen LogP contribution in [0.4, 0.5) is 5.82 Å². The zero-order chi connectivity index (χ0) is 19.8. The fourth-order valence-corrected chi connectivity index (χ4v) is 3.53. The van der Waals surface area contributed by atoms with Crippen molar-refractivity contribution < 1.29 is 15.0 Å². The highest BCUT2D eigenvalue weighted by Gasteiger charge is 2.45. The Morgan fingerprint density at radius 3 is 2.79 bits per heavy atom. The van der Waals surface area contributed by atoms with Crippen molar-refractivity contribution in [3.05, 3.63) is 30.1 Å². The molecular formula is C18H19N7O3. The number of aromatic amines is 1. The summed E-state index contributed by atoms with van der Waals surface area (Å²) in [4.78, 5) is 25.0. The number of H-pyrrole nitrogens is 1. The van der Waals surface area contributed by atoms with E-state index in [1.807, 2.05) is 0 Å². The minimum absolute atomic E-state index is 0.157. The van der Waals surface area contributed by atoms with Crippen LogP contribution in [0.2, 0.25) is 0 Å². The van der Waals surface area contributed by atoms with Crippen LogP contribution in [0.3, 0.4) is 0 Å². The molecule has 1 aliphatic rings. The summed E-state index contributed by atoms with van der Waals surface area (Å²) < 4.78 is 1.68. The Bertz CT molecular complexity index is 1080. The van der Waals surface area contributed by atoms with Gasteiger partial charge in [-0.1, -0.05) is 0 Å². The molecule has 0 bridgehead atoms. The van der Waals surface area contributed by atoms with E-state index in [2.05, 4.69) is 42.3 Å². The lowest BCUT2D eigenvalue weighted by Gasteiger charge is -2.18. The molecule has 1 unspecified atom stereocenters. The molecule has 3 aromatic rings. The Hall–Kier alpha value is -3.29. The van der Waals surface area contributed by atoms with Gasteiger partial charge in [-0.15, -0.1) is 0 Å². The summed E-state index contributed by atoms with van der Waals surface area (Å²) in [6.45, 7) is 1.42. The lowest BCUT2D eigenvalue weighted by molar-refractivity contribution is -0.124. The quantitative estimate of drug-likeness (QED) is 0.459. The van der Waals surface area contributed by atoms with Gasteiger partial charge in [0.15, 0.2) is 17.0 Å². The van der Waals surface area contributed by atoms with Gasteiger partial charge in [0.25, 0.3) is 0 Å². The number of nitrogens with one attached hydrogen (secondary N) is 2. The molecule has 3 aromatic heterocycles. The summed E-state index contributed by atoms with van der Waals surface area (Å²) >= 11 is 0. The maximum Gasteiger partial charge on any atom is 0.209 e. The summed E-state index contributed by atoms with van der Waals surface area (Å²) in [6, 6.07) is 1.20. The summed E-state index contributed by atoms with van der Waals surface area (Å²) in [6.07, 6.45) is 1.22. The summed E-state index contributed by atoms with van der Waals surface area (Å²) in [5, 5.41) is 30.3. The Balaban J connectivity index is 1.78. The standard InChI is InChI=1S/C18H19N7O3/c1-9(26)11-7-12(16(28)15(11)27)25-8-20-14-17(19-2)22-13(23-18(14)25)4-3-10-5-6-21-24-10/h5-6,8,11-12,15-16,27-28H,7H2,1-2H3,(H,21,24)(H,19,22,23)/t11-,12-,15?,16+/m1/s1. The van der Waals surface area contributed by atoms with E-state index in [-0.39, 0.29) is 11.6 Å². The number of imidazole rings is 1. The van der Waals surface area contributed by atoms with Crippen molar-refractivity contribution in [2.24, 2.45) is 5.92 Å². The fraction of sp³-hybridized carbons (Fsp3) is 0.389. The molecular weight excluding hydrogens is 362 g/mol. The maximum absolute atomic E-state index is 11.8. The highest BCUT2D eigenvalue weighted by Crippen LogP contribution is 2.37. The van der Waals surface area contributed by atoms with Crippen molar-refractivity contribution >= 4 is 22.8 Å². The molecule has 10 nitrogen and oxygen atoms in total. The van der Waals surface area contributed by atoms with Gasteiger partial charge in [0.2, 0.25) is 5.82 Å². The number of carbonyl (C=O) groups excluding carboxylic acids is 1. The molecule has 0 saturated heterocycles. The largest absolute Gasteiger partial charge is 0.390 e. The first-order valence-electron chi connectivity index (χ1n) is 8.80. The zero-order valence-electron chi connectivity index (χ0n) is 15.3. The summed E-state index contributed by atoms with van der Waals surface area (Å²) in [5.74, 6) is 5.75. The van der Waals surface area contributed by atoms with Crippen molar-refractivity contribution in [1.29, 1.82) is 0 Å². The molecule has 0 spiro atoms. The minimum Gasteiger partial charge on any atom is -0.390 e. The Morgan fingerprint density at radius 1 is 1.32 bits per heavy atom. The Morgan fingerprint density at radius 2 is 2.14 bits per heavy atom. The minimum atomic E-state index is -1.12. The van der Waals surface area contributed by atoms with Gasteiger partial charge in [-0.3, -0.25) is 9.89 Å². The number of anilines is 1. The number of hydrogen-bond donors (Lipinski definition) is 4. The SMILES string of the molecule is CNc1nc(C#Cc2ccn[nH]2)nc2c1ncn2[C@@H]1C[C@H](C(C)=O)C(O)[C@H]1O. The van der Waals surface area contributed by atoms with E-state index < -0.39 is 24.2 Å². The number of hydrogen-bond acceptors (Lipinski definition) is 8. The van der Waals surface area contributed by atoms with E-state index in [4.69, 9.17) is 0 Å². The summed E-state index contributed by atoms with van der Waals surface area (Å²) in [5.41, 5.74) is 1.61. The maximum atomic E-state index is 11.8. The topological polar surface area (TPSA) is 142 Å². The predicted molar refractivity (Wildman–Crippen MR) is 99.3 cm³/mol. The van der Waals surface area contributed by atoms with Crippen molar-refractivity contribution in [2.45, 2.75) is 31.6 Å². The number of aromatic nitrogens is 6. The van der Waals surface area contributed by atoms with Crippen molar-refractivity contribution in [1.82, 2.24) is 29.7 Å². The molecule has 144 valence electrons. The number of nitrogens with zero attached hydrogens (tertiary/aromatic N) is 5. The first-order chi connectivity index (χ1) is 13.5. The van der Waals surface area contributed by atoms with E-state index in [1.54, 1.807) is 23.9 Å². The van der Waals surface area contributed by atoms with Gasteiger partial charge in [0.05, 0.1) is 18.5 Å². The van der Waals surface area contributed by atoms with Crippen LogP contribution < -0.4 is 5.32 Å². The highest BCUT2D eigenvalue weighted by molar-refractivity contribution is 5.83. The van der Waals surface area contributed by atoms with Gasteiger partial charge in [0.1, 0.15) is 17.6 Å². The first kappa shape index (κ1) is 18.1. The van der Waals surface area contributed by atoms with Gasteiger partial charge in [-0.05, 0) is 31.3 Å². The lowest BCUT2D eigenvalue weighted by Crippen LogP contribution is -2.31. The van der Waals surface area contributed by atoms with Crippen LogP contribution in [0.5, 0.6) is 0 Å². The second-order valence-corrected chi connectivity index (χ2v) is 6.69. The van der Waals surface area contributed by atoms with Crippen molar-refractivity contribution in [3.63, 3.8) is 0 Å². The third kappa shape index (κ3) is 3.00. The molecule has 0 amide bonds. The van der Waals surface area contributed by atoms with E-state index >= 15 is 0 Å². The average Bonchev–Trinajstić information content (AvgIpc) is 3.40. The number of fused-ring (bicyclic) bond motifs is 1. The predicted octanol–water partition coefficient (Wildman–Crippen LogP) is -0.137. The number of ketones is 1. The van der Waals surface area contributed by atoms with E-state index in [0.29, 0.717) is 29.1 Å². The third-order valence-corrected chi connectivity index (χ3v) is 5.00. The van der Waals surface area contributed by atoms with Gasteiger partial charge in [-0.25, -0.2) is 15.0 Å². The average molecular weight is 381 g/mol. The smallest absolute Gasteiger partial charge is 0.209 e. The second kappa shape index (κ2) is 7.03. The number of aliphatic hydroxyl groups excluding tert-OH is 2. The molecule has 10 heteroatoms. The van der Waals surface area contributed by atoms with E-state index in [9.17, 15) is 15.0 Å². The molecule has 4 atom stereocenters. The first-order valence-corrected chi connectivity index (χ1v) is 8.80. The van der Waals surface area contributed by atoms with Gasteiger partial charge < -0.3 is 20.1 Å².